The normalized spacial score (nSPS) is 15.3. The number of alkyl halides is 3. The van der Waals surface area contributed by atoms with E-state index < -0.39 is 15.5 Å². The van der Waals surface area contributed by atoms with Crippen molar-refractivity contribution in [1.29, 1.82) is 5.26 Å². The number of halogens is 3. The number of anilines is 1. The second-order valence-electron chi connectivity index (χ2n) is 3.73. The lowest BCUT2D eigenvalue weighted by Crippen LogP contribution is -2.39. The van der Waals surface area contributed by atoms with Crippen LogP contribution in [0.25, 0.3) is 0 Å². The van der Waals surface area contributed by atoms with Crippen molar-refractivity contribution >= 4 is 15.7 Å². The first-order valence-electron chi connectivity index (χ1n) is 4.89. The van der Waals surface area contributed by atoms with Gasteiger partial charge in [0.15, 0.2) is 0 Å². The minimum absolute atomic E-state index is 0.0635. The van der Waals surface area contributed by atoms with Crippen LogP contribution in [0.3, 0.4) is 0 Å². The molecule has 1 aliphatic rings. The summed E-state index contributed by atoms with van der Waals surface area (Å²) < 4.78 is 60.4. The predicted molar refractivity (Wildman–Crippen MR) is 57.2 cm³/mol. The molecular weight excluding hydrogens is 269 g/mol. The lowest BCUT2D eigenvalue weighted by atomic mass is 10.1. The van der Waals surface area contributed by atoms with E-state index in [9.17, 15) is 21.6 Å². The third-order valence-electron chi connectivity index (χ3n) is 2.65. The van der Waals surface area contributed by atoms with Crippen LogP contribution in [-0.2, 0) is 16.4 Å². The summed E-state index contributed by atoms with van der Waals surface area (Å²) in [5, 5.41) is 8.68. The van der Waals surface area contributed by atoms with Crippen LogP contribution < -0.4 is 4.31 Å². The molecule has 0 fully saturated rings. The molecule has 0 aliphatic carbocycles. The Balaban J connectivity index is 2.53. The van der Waals surface area contributed by atoms with Gasteiger partial charge in [0, 0.05) is 6.54 Å². The number of benzene rings is 1. The van der Waals surface area contributed by atoms with Crippen LogP contribution >= 0.6 is 0 Å². The van der Waals surface area contributed by atoms with Crippen LogP contribution in [0.1, 0.15) is 11.1 Å². The molecule has 0 amide bonds. The van der Waals surface area contributed by atoms with Gasteiger partial charge in [-0.1, -0.05) is 6.07 Å². The third kappa shape index (κ3) is 1.80. The van der Waals surface area contributed by atoms with Crippen LogP contribution in [0.15, 0.2) is 18.2 Å². The maximum atomic E-state index is 12.5. The number of hydrogen-bond donors (Lipinski definition) is 0. The molecule has 8 heteroatoms. The van der Waals surface area contributed by atoms with Gasteiger partial charge in [0.1, 0.15) is 0 Å². The maximum absolute atomic E-state index is 12.5. The standard InChI is InChI=1S/C10H7F3N2O2S/c11-10(12,13)18(16,17)15-4-3-8-2-1-7(6-14)5-9(8)15/h1-2,5H,3-4H2. The molecule has 1 aromatic carbocycles. The molecule has 0 saturated carbocycles. The van der Waals surface area contributed by atoms with Gasteiger partial charge >= 0.3 is 15.5 Å². The van der Waals surface area contributed by atoms with Gasteiger partial charge in [-0.15, -0.1) is 0 Å². The maximum Gasteiger partial charge on any atom is 0.516 e. The molecule has 1 aromatic rings. The first kappa shape index (κ1) is 12.7. The largest absolute Gasteiger partial charge is 0.516 e. The molecule has 0 unspecified atom stereocenters. The second-order valence-corrected chi connectivity index (χ2v) is 5.58. The Morgan fingerprint density at radius 2 is 2.00 bits per heavy atom. The van der Waals surface area contributed by atoms with E-state index in [-0.39, 0.29) is 24.2 Å². The van der Waals surface area contributed by atoms with Gasteiger partial charge in [-0.05, 0) is 24.1 Å². The van der Waals surface area contributed by atoms with Crippen molar-refractivity contribution in [1.82, 2.24) is 0 Å². The fraction of sp³-hybridized carbons (Fsp3) is 0.300. The molecule has 0 saturated heterocycles. The van der Waals surface area contributed by atoms with Crippen molar-refractivity contribution in [2.45, 2.75) is 11.9 Å². The average Bonchev–Trinajstić information content (AvgIpc) is 2.70. The van der Waals surface area contributed by atoms with Crippen LogP contribution in [0.2, 0.25) is 0 Å². The molecule has 1 aliphatic heterocycles. The Kier molecular flexibility index (Phi) is 2.74. The zero-order valence-corrected chi connectivity index (χ0v) is 9.72. The van der Waals surface area contributed by atoms with Crippen LogP contribution in [0.4, 0.5) is 18.9 Å². The van der Waals surface area contributed by atoms with Crippen molar-refractivity contribution < 1.29 is 21.6 Å². The Morgan fingerprint density at radius 1 is 1.33 bits per heavy atom. The number of sulfonamides is 1. The molecule has 1 heterocycles. The monoisotopic (exact) mass is 276 g/mol. The third-order valence-corrected chi connectivity index (χ3v) is 4.19. The molecule has 4 nitrogen and oxygen atoms in total. The van der Waals surface area contributed by atoms with Gasteiger partial charge in [0.2, 0.25) is 0 Å². The number of nitrogens with zero attached hydrogens (tertiary/aromatic N) is 2. The second kappa shape index (κ2) is 3.88. The van der Waals surface area contributed by atoms with E-state index in [1.165, 1.54) is 12.1 Å². The highest BCUT2D eigenvalue weighted by Gasteiger charge is 2.51. The summed E-state index contributed by atoms with van der Waals surface area (Å²) in [6, 6.07) is 5.84. The molecular formula is C10H7F3N2O2S. The van der Waals surface area contributed by atoms with Crippen molar-refractivity contribution in [3.63, 3.8) is 0 Å². The van der Waals surface area contributed by atoms with E-state index in [0.717, 1.165) is 6.07 Å². The summed E-state index contributed by atoms with van der Waals surface area (Å²) >= 11 is 0. The summed E-state index contributed by atoms with van der Waals surface area (Å²) in [6.07, 6.45) is 0.205. The topological polar surface area (TPSA) is 61.2 Å². The van der Waals surface area contributed by atoms with Gasteiger partial charge < -0.3 is 0 Å². The SMILES string of the molecule is N#Cc1ccc2c(c1)N(S(=O)(=O)C(F)(F)F)CC2. The molecule has 0 aromatic heterocycles. The van der Waals surface area contributed by atoms with Crippen molar-refractivity contribution in [2.24, 2.45) is 0 Å². The van der Waals surface area contributed by atoms with Gasteiger partial charge in [-0.3, -0.25) is 4.31 Å². The highest BCUT2D eigenvalue weighted by atomic mass is 32.2. The van der Waals surface area contributed by atoms with Gasteiger partial charge in [-0.25, -0.2) is 0 Å². The van der Waals surface area contributed by atoms with Crippen molar-refractivity contribution in [3.8, 4) is 6.07 Å². The number of rotatable bonds is 1. The summed E-state index contributed by atoms with van der Waals surface area (Å²) in [5.41, 5.74) is -4.79. The lowest BCUT2D eigenvalue weighted by Gasteiger charge is -2.20. The molecule has 0 bridgehead atoms. The highest BCUT2D eigenvalue weighted by Crippen LogP contribution is 2.36. The Bertz CT molecular complexity index is 632. The molecule has 96 valence electrons. The van der Waals surface area contributed by atoms with Gasteiger partial charge in [0.25, 0.3) is 0 Å². The molecule has 0 radical (unpaired) electrons. The fourth-order valence-corrected chi connectivity index (χ4v) is 2.80. The highest BCUT2D eigenvalue weighted by molar-refractivity contribution is 7.93. The Labute approximate surface area is 101 Å². The molecule has 2 rings (SSSR count). The Morgan fingerprint density at radius 3 is 2.56 bits per heavy atom. The van der Waals surface area contributed by atoms with Gasteiger partial charge in [-0.2, -0.15) is 26.9 Å². The van der Waals surface area contributed by atoms with Crippen LogP contribution in [0, 0.1) is 11.3 Å². The van der Waals surface area contributed by atoms with E-state index in [4.69, 9.17) is 5.26 Å². The quantitative estimate of drug-likeness (QED) is 0.785. The molecule has 0 spiro atoms. The van der Waals surface area contributed by atoms with Gasteiger partial charge in [0.05, 0.1) is 17.3 Å². The smallest absolute Gasteiger partial charge is 0.262 e. The first-order chi connectivity index (χ1) is 8.27. The van der Waals surface area contributed by atoms with Crippen LogP contribution in [0.5, 0.6) is 0 Å². The lowest BCUT2D eigenvalue weighted by molar-refractivity contribution is -0.0437. The summed E-state index contributed by atoms with van der Waals surface area (Å²) in [6.45, 7) is -0.258. The number of hydrogen-bond acceptors (Lipinski definition) is 3. The fourth-order valence-electron chi connectivity index (χ4n) is 1.79. The van der Waals surface area contributed by atoms with Crippen molar-refractivity contribution in [2.75, 3.05) is 10.8 Å². The Hall–Kier alpha value is -1.75. The minimum atomic E-state index is -5.39. The number of nitriles is 1. The average molecular weight is 276 g/mol. The zero-order valence-electron chi connectivity index (χ0n) is 8.90. The minimum Gasteiger partial charge on any atom is -0.262 e. The summed E-state index contributed by atoms with van der Waals surface area (Å²) in [5.74, 6) is 0. The molecule has 0 atom stereocenters. The molecule has 0 N–H and O–H groups in total. The predicted octanol–water partition coefficient (Wildman–Crippen LogP) is 1.77. The molecule has 18 heavy (non-hydrogen) atoms. The van der Waals surface area contributed by atoms with E-state index in [2.05, 4.69) is 0 Å². The first-order valence-corrected chi connectivity index (χ1v) is 6.33. The van der Waals surface area contributed by atoms with Crippen LogP contribution in [-0.4, -0.2) is 20.5 Å². The van der Waals surface area contributed by atoms with E-state index in [1.54, 1.807) is 6.07 Å². The van der Waals surface area contributed by atoms with E-state index >= 15 is 0 Å². The van der Waals surface area contributed by atoms with E-state index in [1.807, 2.05) is 0 Å². The van der Waals surface area contributed by atoms with Crippen molar-refractivity contribution in [3.05, 3.63) is 29.3 Å². The number of fused-ring (bicyclic) bond motifs is 1. The summed E-state index contributed by atoms with van der Waals surface area (Å²) in [7, 11) is -5.39. The zero-order chi connectivity index (χ0) is 13.6. The van der Waals surface area contributed by atoms with E-state index in [0.29, 0.717) is 9.87 Å². The summed E-state index contributed by atoms with van der Waals surface area (Å²) in [4.78, 5) is 0.